The summed E-state index contributed by atoms with van der Waals surface area (Å²) in [5, 5.41) is 15.1. The molecular weight excluding hydrogens is 540 g/mol. The minimum Gasteiger partial charge on any atom is -0.457 e. The number of para-hydroxylation sites is 1. The van der Waals surface area contributed by atoms with Crippen LogP contribution in [-0.4, -0.2) is 52.1 Å². The van der Waals surface area contributed by atoms with Gasteiger partial charge in [0.1, 0.15) is 28.2 Å². The molecule has 0 saturated carbocycles. The number of anilines is 2. The second-order valence-corrected chi connectivity index (χ2v) is 11.4. The Balaban J connectivity index is 1.21. The van der Waals surface area contributed by atoms with Crippen LogP contribution in [0.1, 0.15) is 36.4 Å². The summed E-state index contributed by atoms with van der Waals surface area (Å²) in [6.45, 7) is 2.87. The lowest BCUT2D eigenvalue weighted by Crippen LogP contribution is -2.53. The number of ether oxygens (including phenoxy) is 1. The zero-order chi connectivity index (χ0) is 28.5. The average Bonchev–Trinajstić information content (AvgIpc) is 3.34. The first-order valence-corrected chi connectivity index (χ1v) is 14.4. The fourth-order valence-corrected chi connectivity index (χ4v) is 6.85. The van der Waals surface area contributed by atoms with E-state index in [1.165, 1.54) is 11.8 Å². The van der Waals surface area contributed by atoms with Crippen LogP contribution >= 0.6 is 11.8 Å². The van der Waals surface area contributed by atoms with E-state index >= 15 is 0 Å². The number of nitriles is 1. The molecule has 11 heteroatoms. The lowest BCUT2D eigenvalue weighted by atomic mass is 9.98. The number of aromatic nitrogens is 1. The van der Waals surface area contributed by atoms with Crippen LogP contribution in [0.2, 0.25) is 0 Å². The second kappa shape index (κ2) is 11.1. The molecule has 2 aromatic carbocycles. The first-order chi connectivity index (χ1) is 19.9. The zero-order valence-corrected chi connectivity index (χ0v) is 23.2. The minimum absolute atomic E-state index is 0.171. The van der Waals surface area contributed by atoms with E-state index in [1.54, 1.807) is 22.1 Å². The highest BCUT2D eigenvalue weighted by molar-refractivity contribution is 8.01. The lowest BCUT2D eigenvalue weighted by molar-refractivity contribution is -0.132. The van der Waals surface area contributed by atoms with E-state index in [1.807, 2.05) is 61.5 Å². The predicted molar refractivity (Wildman–Crippen MR) is 153 cm³/mol. The topological polar surface area (TPSA) is 128 Å². The largest absolute Gasteiger partial charge is 0.457 e. The predicted octanol–water partition coefficient (Wildman–Crippen LogP) is 4.58. The van der Waals surface area contributed by atoms with E-state index in [0.717, 1.165) is 29.7 Å². The van der Waals surface area contributed by atoms with Crippen LogP contribution in [0.5, 0.6) is 11.5 Å². The molecular formula is C30H28N6O4S. The number of benzene rings is 2. The third-order valence-corrected chi connectivity index (χ3v) is 8.79. The summed E-state index contributed by atoms with van der Waals surface area (Å²) >= 11 is 1.33. The SMILES string of the molecule is Cc1cc(Oc2ccccc2)ccc1N1C(=O)NC2c3c1ccnc3SC2C(=O)NC1CCCN(C(=O)CC#N)C1. The Kier molecular flexibility index (Phi) is 7.24. The van der Waals surface area contributed by atoms with Crippen molar-refractivity contribution in [1.82, 2.24) is 20.5 Å². The number of carbonyl (C=O) groups is 3. The van der Waals surface area contributed by atoms with Crippen LogP contribution in [0.15, 0.2) is 65.8 Å². The Hall–Kier alpha value is -4.56. The first kappa shape index (κ1) is 26.7. The van der Waals surface area contributed by atoms with E-state index in [0.29, 0.717) is 35.2 Å². The normalized spacial score (nSPS) is 21.0. The van der Waals surface area contributed by atoms with Gasteiger partial charge in [-0.25, -0.2) is 9.78 Å². The summed E-state index contributed by atoms with van der Waals surface area (Å²) in [5.74, 6) is 0.949. The molecule has 3 aliphatic rings. The van der Waals surface area contributed by atoms with Gasteiger partial charge >= 0.3 is 6.03 Å². The molecule has 0 bridgehead atoms. The molecule has 3 atom stereocenters. The van der Waals surface area contributed by atoms with E-state index in [9.17, 15) is 14.4 Å². The molecule has 6 rings (SSSR count). The number of urea groups is 1. The molecule has 0 spiro atoms. The molecule has 3 aromatic rings. The van der Waals surface area contributed by atoms with Gasteiger partial charge in [0, 0.05) is 30.9 Å². The van der Waals surface area contributed by atoms with Gasteiger partial charge in [0.2, 0.25) is 11.8 Å². The monoisotopic (exact) mass is 568 g/mol. The molecule has 4 heterocycles. The van der Waals surface area contributed by atoms with Gasteiger partial charge in [-0.15, -0.1) is 0 Å². The highest BCUT2D eigenvalue weighted by Crippen LogP contribution is 2.51. The van der Waals surface area contributed by atoms with Crippen molar-refractivity contribution in [3.05, 3.63) is 71.9 Å². The fourth-order valence-electron chi connectivity index (χ4n) is 5.62. The number of pyridine rings is 1. The van der Waals surface area contributed by atoms with Gasteiger partial charge in [0.05, 0.1) is 23.5 Å². The standard InChI is InChI=1S/C30H28N6O4S/c1-18-16-21(40-20-7-3-2-4-8-20)9-10-22(18)36-23-12-14-32-29-25(23)26(34-30(36)39)27(41-29)28(38)33-19-6-5-15-35(17-19)24(37)11-13-31/h2-4,7-10,12,14,16,19,26-27H,5-6,11,15,17H2,1H3,(H,33,38)(H,34,39). The van der Waals surface area contributed by atoms with Gasteiger partial charge in [-0.2, -0.15) is 5.26 Å². The molecule has 1 aromatic heterocycles. The molecule has 2 N–H and O–H groups in total. The van der Waals surface area contributed by atoms with Gasteiger partial charge in [0.25, 0.3) is 0 Å². The molecule has 41 heavy (non-hydrogen) atoms. The van der Waals surface area contributed by atoms with Crippen LogP contribution in [0.3, 0.4) is 0 Å². The fraction of sp³-hybridized carbons (Fsp3) is 0.300. The van der Waals surface area contributed by atoms with Crippen molar-refractivity contribution >= 4 is 41.0 Å². The maximum absolute atomic E-state index is 13.6. The van der Waals surface area contributed by atoms with Crippen molar-refractivity contribution < 1.29 is 19.1 Å². The van der Waals surface area contributed by atoms with Crippen molar-refractivity contribution in [3.8, 4) is 17.6 Å². The molecule has 4 amide bonds. The van der Waals surface area contributed by atoms with Crippen LogP contribution in [0, 0.1) is 18.3 Å². The third kappa shape index (κ3) is 5.18. The summed E-state index contributed by atoms with van der Waals surface area (Å²) < 4.78 is 5.97. The van der Waals surface area contributed by atoms with E-state index in [-0.39, 0.29) is 30.3 Å². The Morgan fingerprint density at radius 1 is 1.17 bits per heavy atom. The number of rotatable bonds is 6. The first-order valence-electron chi connectivity index (χ1n) is 13.5. The number of nitrogens with one attached hydrogen (secondary N) is 2. The number of amides is 4. The third-order valence-electron chi connectivity index (χ3n) is 7.50. The summed E-state index contributed by atoms with van der Waals surface area (Å²) in [6, 6.07) is 17.7. The number of hydrogen-bond donors (Lipinski definition) is 2. The Bertz CT molecular complexity index is 1560. The Morgan fingerprint density at radius 3 is 2.78 bits per heavy atom. The number of thioether (sulfide) groups is 1. The molecule has 3 unspecified atom stereocenters. The molecule has 0 radical (unpaired) electrons. The van der Waals surface area contributed by atoms with E-state index < -0.39 is 11.3 Å². The van der Waals surface area contributed by atoms with Crippen LogP contribution in [-0.2, 0) is 9.59 Å². The number of hydrogen-bond acceptors (Lipinski definition) is 7. The van der Waals surface area contributed by atoms with Gasteiger partial charge in [-0.05, 0) is 61.7 Å². The van der Waals surface area contributed by atoms with Crippen molar-refractivity contribution in [2.24, 2.45) is 0 Å². The van der Waals surface area contributed by atoms with Gasteiger partial charge < -0.3 is 20.3 Å². The number of carbonyl (C=O) groups excluding carboxylic acids is 3. The minimum atomic E-state index is -0.599. The van der Waals surface area contributed by atoms with Crippen LogP contribution in [0.25, 0.3) is 0 Å². The number of nitrogens with zero attached hydrogens (tertiary/aromatic N) is 4. The highest BCUT2D eigenvalue weighted by atomic mass is 32.2. The molecule has 208 valence electrons. The lowest BCUT2D eigenvalue weighted by Gasteiger charge is -2.36. The van der Waals surface area contributed by atoms with E-state index in [4.69, 9.17) is 10.00 Å². The van der Waals surface area contributed by atoms with Gasteiger partial charge in [-0.3, -0.25) is 14.5 Å². The Labute approximate surface area is 241 Å². The smallest absolute Gasteiger partial charge is 0.327 e. The second-order valence-electron chi connectivity index (χ2n) is 10.2. The molecule has 10 nitrogen and oxygen atoms in total. The maximum Gasteiger partial charge on any atom is 0.327 e. The summed E-state index contributed by atoms with van der Waals surface area (Å²) in [6.07, 6.45) is 2.97. The zero-order valence-electron chi connectivity index (χ0n) is 22.4. The summed E-state index contributed by atoms with van der Waals surface area (Å²) in [4.78, 5) is 47.0. The highest BCUT2D eigenvalue weighted by Gasteiger charge is 2.47. The number of likely N-dealkylation sites (tertiary alicyclic amines) is 1. The molecule has 1 fully saturated rings. The van der Waals surface area contributed by atoms with Crippen molar-refractivity contribution in [3.63, 3.8) is 0 Å². The van der Waals surface area contributed by atoms with Crippen LogP contribution < -0.4 is 20.3 Å². The number of aryl methyl sites for hydroxylation is 1. The Morgan fingerprint density at radius 2 is 2.00 bits per heavy atom. The summed E-state index contributed by atoms with van der Waals surface area (Å²) in [5.41, 5.74) is 3.07. The van der Waals surface area contributed by atoms with Gasteiger partial charge in [0.15, 0.2) is 0 Å². The quantitative estimate of drug-likeness (QED) is 0.446. The van der Waals surface area contributed by atoms with Crippen molar-refractivity contribution in [1.29, 1.82) is 5.26 Å². The molecule has 3 aliphatic heterocycles. The van der Waals surface area contributed by atoms with Crippen molar-refractivity contribution in [2.75, 3.05) is 18.0 Å². The molecule has 0 aliphatic carbocycles. The van der Waals surface area contributed by atoms with E-state index in [2.05, 4.69) is 15.6 Å². The molecule has 1 saturated heterocycles. The summed E-state index contributed by atoms with van der Waals surface area (Å²) in [7, 11) is 0. The average molecular weight is 569 g/mol. The maximum atomic E-state index is 13.6. The number of piperidine rings is 1. The van der Waals surface area contributed by atoms with Crippen LogP contribution in [0.4, 0.5) is 16.2 Å². The van der Waals surface area contributed by atoms with Crippen molar-refractivity contribution in [2.45, 2.75) is 48.5 Å². The van der Waals surface area contributed by atoms with Gasteiger partial charge in [-0.1, -0.05) is 30.0 Å².